The van der Waals surface area contributed by atoms with Crippen LogP contribution in [0.25, 0.3) is 11.1 Å². The molecule has 1 amide bonds. The number of hydrogen-bond acceptors (Lipinski definition) is 4. The van der Waals surface area contributed by atoms with E-state index in [9.17, 15) is 9.59 Å². The van der Waals surface area contributed by atoms with Crippen molar-refractivity contribution in [2.45, 2.75) is 32.3 Å². The van der Waals surface area contributed by atoms with Crippen LogP contribution in [-0.4, -0.2) is 30.8 Å². The van der Waals surface area contributed by atoms with Crippen molar-refractivity contribution in [3.63, 3.8) is 0 Å². The van der Waals surface area contributed by atoms with Gasteiger partial charge in [-0.3, -0.25) is 4.79 Å². The van der Waals surface area contributed by atoms with E-state index >= 15 is 0 Å². The van der Waals surface area contributed by atoms with E-state index in [4.69, 9.17) is 9.47 Å². The van der Waals surface area contributed by atoms with Crippen molar-refractivity contribution in [3.8, 4) is 11.1 Å². The van der Waals surface area contributed by atoms with Crippen LogP contribution in [0.2, 0.25) is 0 Å². The maximum absolute atomic E-state index is 12.0. The number of esters is 1. The number of carbonyl (C=O) groups is 2. The van der Waals surface area contributed by atoms with Crippen LogP contribution in [0.3, 0.4) is 0 Å². The van der Waals surface area contributed by atoms with E-state index in [0.717, 1.165) is 11.1 Å². The van der Waals surface area contributed by atoms with Gasteiger partial charge in [0.15, 0.2) is 0 Å². The van der Waals surface area contributed by atoms with Crippen LogP contribution in [0.4, 0.5) is 4.79 Å². The Morgan fingerprint density at radius 2 is 1.50 bits per heavy atom. The SMILES string of the molecule is CC(C)(C)OC(=O)CNC(=O)OCC1c2ccccc2-c2ccccc21. The van der Waals surface area contributed by atoms with Gasteiger partial charge < -0.3 is 14.8 Å². The van der Waals surface area contributed by atoms with Crippen molar-refractivity contribution in [3.05, 3.63) is 59.7 Å². The maximum Gasteiger partial charge on any atom is 0.407 e. The lowest BCUT2D eigenvalue weighted by Crippen LogP contribution is -2.35. The second-order valence-corrected chi connectivity index (χ2v) is 7.27. The number of carbonyl (C=O) groups excluding carboxylic acids is 2. The van der Waals surface area contributed by atoms with Crippen LogP contribution in [0.1, 0.15) is 37.8 Å². The van der Waals surface area contributed by atoms with Gasteiger partial charge in [-0.1, -0.05) is 48.5 Å². The molecule has 0 heterocycles. The first-order valence-corrected chi connectivity index (χ1v) is 8.66. The lowest BCUT2D eigenvalue weighted by atomic mass is 9.98. The average molecular weight is 353 g/mol. The summed E-state index contributed by atoms with van der Waals surface area (Å²) in [6.07, 6.45) is -0.627. The normalized spacial score (nSPS) is 12.9. The second kappa shape index (κ2) is 7.20. The van der Waals surface area contributed by atoms with E-state index in [2.05, 4.69) is 29.6 Å². The first-order valence-electron chi connectivity index (χ1n) is 8.66. The molecule has 0 radical (unpaired) electrons. The predicted molar refractivity (Wildman–Crippen MR) is 98.9 cm³/mol. The second-order valence-electron chi connectivity index (χ2n) is 7.27. The third kappa shape index (κ3) is 4.04. The van der Waals surface area contributed by atoms with Crippen LogP contribution in [0.15, 0.2) is 48.5 Å². The van der Waals surface area contributed by atoms with Crippen LogP contribution < -0.4 is 5.32 Å². The number of alkyl carbamates (subject to hydrolysis) is 1. The topological polar surface area (TPSA) is 64.6 Å². The van der Waals surface area contributed by atoms with Crippen LogP contribution in [0, 0.1) is 0 Å². The zero-order valence-corrected chi connectivity index (χ0v) is 15.2. The molecule has 2 aromatic carbocycles. The molecular formula is C21H23NO4. The van der Waals surface area contributed by atoms with Crippen molar-refractivity contribution in [1.29, 1.82) is 0 Å². The molecule has 1 N–H and O–H groups in total. The predicted octanol–water partition coefficient (Wildman–Crippen LogP) is 3.87. The molecule has 0 aliphatic heterocycles. The molecule has 0 aromatic heterocycles. The number of rotatable bonds is 4. The summed E-state index contributed by atoms with van der Waals surface area (Å²) < 4.78 is 10.5. The lowest BCUT2D eigenvalue weighted by Gasteiger charge is -2.19. The summed E-state index contributed by atoms with van der Waals surface area (Å²) in [5.41, 5.74) is 4.05. The molecule has 0 bridgehead atoms. The number of hydrogen-bond donors (Lipinski definition) is 1. The van der Waals surface area contributed by atoms with E-state index in [-0.39, 0.29) is 19.1 Å². The van der Waals surface area contributed by atoms with Crippen LogP contribution in [-0.2, 0) is 14.3 Å². The molecule has 0 atom stereocenters. The Hall–Kier alpha value is -2.82. The summed E-state index contributed by atoms with van der Waals surface area (Å²) in [7, 11) is 0. The molecular weight excluding hydrogens is 330 g/mol. The van der Waals surface area contributed by atoms with E-state index in [1.807, 2.05) is 24.3 Å². The molecule has 1 aliphatic rings. The molecule has 0 saturated carbocycles. The quantitative estimate of drug-likeness (QED) is 0.848. The standard InChI is InChI=1S/C21H23NO4/c1-21(2,3)26-19(23)12-22-20(24)25-13-18-16-10-6-4-8-14(16)15-9-5-7-11-17(15)18/h4-11,18H,12-13H2,1-3H3,(H,22,24). The number of ether oxygens (including phenoxy) is 2. The summed E-state index contributed by atoms with van der Waals surface area (Å²) in [5, 5.41) is 2.44. The molecule has 5 nitrogen and oxygen atoms in total. The molecule has 0 spiro atoms. The van der Waals surface area contributed by atoms with Gasteiger partial charge in [-0.05, 0) is 43.0 Å². The first kappa shape index (κ1) is 18.0. The van der Waals surface area contributed by atoms with Gasteiger partial charge in [0.05, 0.1) is 0 Å². The van der Waals surface area contributed by atoms with Crippen LogP contribution >= 0.6 is 0 Å². The van der Waals surface area contributed by atoms with Gasteiger partial charge >= 0.3 is 12.1 Å². The highest BCUT2D eigenvalue weighted by Gasteiger charge is 2.29. The molecule has 2 aromatic rings. The van der Waals surface area contributed by atoms with Gasteiger partial charge in [0.25, 0.3) is 0 Å². The summed E-state index contributed by atoms with van der Waals surface area (Å²) >= 11 is 0. The number of nitrogens with one attached hydrogen (secondary N) is 1. The van der Waals surface area contributed by atoms with Gasteiger partial charge in [0, 0.05) is 5.92 Å². The third-order valence-electron chi connectivity index (χ3n) is 4.14. The van der Waals surface area contributed by atoms with E-state index in [0.29, 0.717) is 0 Å². The Labute approximate surface area is 153 Å². The van der Waals surface area contributed by atoms with Gasteiger partial charge in [-0.2, -0.15) is 0 Å². The van der Waals surface area contributed by atoms with Gasteiger partial charge in [0.2, 0.25) is 0 Å². The molecule has 5 heteroatoms. The first-order chi connectivity index (χ1) is 12.3. The smallest absolute Gasteiger partial charge is 0.407 e. The van der Waals surface area contributed by atoms with Crippen molar-refractivity contribution >= 4 is 12.1 Å². The van der Waals surface area contributed by atoms with Gasteiger partial charge in [-0.25, -0.2) is 4.79 Å². The molecule has 3 rings (SSSR count). The summed E-state index contributed by atoms with van der Waals surface area (Å²) in [6.45, 7) is 5.33. The largest absolute Gasteiger partial charge is 0.459 e. The summed E-state index contributed by atoms with van der Waals surface area (Å²) in [5.74, 6) is -0.499. The van der Waals surface area contributed by atoms with Crippen LogP contribution in [0.5, 0.6) is 0 Å². The van der Waals surface area contributed by atoms with Crippen molar-refractivity contribution in [2.24, 2.45) is 0 Å². The summed E-state index contributed by atoms with van der Waals surface area (Å²) in [6, 6.07) is 16.3. The molecule has 26 heavy (non-hydrogen) atoms. The van der Waals surface area contributed by atoms with Crippen molar-refractivity contribution in [1.82, 2.24) is 5.32 Å². The monoisotopic (exact) mass is 353 g/mol. The molecule has 0 fully saturated rings. The summed E-state index contributed by atoms with van der Waals surface area (Å²) in [4.78, 5) is 23.6. The molecule has 136 valence electrons. The number of amides is 1. The minimum absolute atomic E-state index is 0.00493. The molecule has 1 aliphatic carbocycles. The number of benzene rings is 2. The van der Waals surface area contributed by atoms with E-state index < -0.39 is 17.7 Å². The Kier molecular flexibility index (Phi) is 4.98. The molecule has 0 saturated heterocycles. The third-order valence-corrected chi connectivity index (χ3v) is 4.14. The zero-order valence-electron chi connectivity index (χ0n) is 15.2. The Balaban J connectivity index is 1.60. The van der Waals surface area contributed by atoms with Gasteiger partial charge in [-0.15, -0.1) is 0 Å². The lowest BCUT2D eigenvalue weighted by molar-refractivity contribution is -0.153. The Bertz CT molecular complexity index is 777. The Morgan fingerprint density at radius 1 is 0.962 bits per heavy atom. The fourth-order valence-corrected chi connectivity index (χ4v) is 3.17. The highest BCUT2D eigenvalue weighted by atomic mass is 16.6. The van der Waals surface area contributed by atoms with Crippen molar-refractivity contribution in [2.75, 3.05) is 13.2 Å². The minimum atomic E-state index is -0.627. The highest BCUT2D eigenvalue weighted by molar-refractivity contribution is 5.80. The highest BCUT2D eigenvalue weighted by Crippen LogP contribution is 2.44. The van der Waals surface area contributed by atoms with E-state index in [1.165, 1.54) is 11.1 Å². The fourth-order valence-electron chi connectivity index (χ4n) is 3.17. The maximum atomic E-state index is 12.0. The Morgan fingerprint density at radius 3 is 2.04 bits per heavy atom. The van der Waals surface area contributed by atoms with E-state index in [1.54, 1.807) is 20.8 Å². The number of fused-ring (bicyclic) bond motifs is 3. The van der Waals surface area contributed by atoms with Gasteiger partial charge in [0.1, 0.15) is 18.8 Å². The minimum Gasteiger partial charge on any atom is -0.459 e. The molecule has 0 unspecified atom stereocenters. The fraction of sp³-hybridized carbons (Fsp3) is 0.333. The zero-order chi connectivity index (χ0) is 18.7. The van der Waals surface area contributed by atoms with Crippen molar-refractivity contribution < 1.29 is 19.1 Å². The average Bonchev–Trinajstić information content (AvgIpc) is 2.91.